The fourth-order valence-corrected chi connectivity index (χ4v) is 2.47. The second-order valence-electron chi connectivity index (χ2n) is 5.04. The van der Waals surface area contributed by atoms with Gasteiger partial charge < -0.3 is 10.0 Å². The number of alkyl halides is 1. The number of anilines is 1. The molecule has 98 valence electrons. The number of nitrogens with zero attached hydrogens (tertiary/aromatic N) is 1. The lowest BCUT2D eigenvalue weighted by atomic mass is 10.0. The largest absolute Gasteiger partial charge is 0.396 e. The zero-order valence-corrected chi connectivity index (χ0v) is 11.4. The Bertz CT molecular complexity index is 430. The smallest absolute Gasteiger partial charge is 0.245 e. The normalized spacial score (nSPS) is 24.1. The number of carbonyl (C=O) groups is 1. The van der Waals surface area contributed by atoms with Gasteiger partial charge in [0.05, 0.1) is 0 Å². The number of benzene rings is 1. The van der Waals surface area contributed by atoms with E-state index >= 15 is 0 Å². The first-order valence-corrected chi connectivity index (χ1v) is 6.64. The molecule has 0 aliphatic carbocycles. The van der Waals surface area contributed by atoms with Gasteiger partial charge in [0, 0.05) is 24.8 Å². The van der Waals surface area contributed by atoms with Crippen molar-refractivity contribution >= 4 is 23.2 Å². The highest BCUT2D eigenvalue weighted by Gasteiger charge is 2.39. The second kappa shape index (κ2) is 5.29. The number of carbonyl (C=O) groups excluding carboxylic acids is 1. The average molecular weight is 268 g/mol. The monoisotopic (exact) mass is 267 g/mol. The van der Waals surface area contributed by atoms with Crippen LogP contribution in [0.2, 0.25) is 0 Å². The van der Waals surface area contributed by atoms with E-state index in [1.165, 1.54) is 5.56 Å². The van der Waals surface area contributed by atoms with Crippen LogP contribution in [0.1, 0.15) is 25.3 Å². The molecule has 1 aromatic rings. The minimum Gasteiger partial charge on any atom is -0.396 e. The number of halogens is 1. The molecule has 3 nitrogen and oxygen atoms in total. The summed E-state index contributed by atoms with van der Waals surface area (Å²) < 4.78 is 0. The lowest BCUT2D eigenvalue weighted by Gasteiger charge is -2.17. The standard InChI is InChI=1S/C14H18ClNO2/c1-9(2)10-3-5-12(6-4-10)16-7-11(8-17)13(15)14(16)18/h3-6,9,11,13,17H,7-8H2,1-2H3/t11-,13-/m0/s1. The van der Waals surface area contributed by atoms with Crippen molar-refractivity contribution in [2.45, 2.75) is 25.1 Å². The van der Waals surface area contributed by atoms with E-state index in [-0.39, 0.29) is 18.4 Å². The van der Waals surface area contributed by atoms with E-state index in [1.54, 1.807) is 4.90 Å². The zero-order chi connectivity index (χ0) is 13.3. The van der Waals surface area contributed by atoms with Crippen LogP contribution < -0.4 is 4.90 Å². The molecular weight excluding hydrogens is 250 g/mol. The van der Waals surface area contributed by atoms with Crippen molar-refractivity contribution < 1.29 is 9.90 Å². The number of hydrogen-bond donors (Lipinski definition) is 1. The first-order valence-electron chi connectivity index (χ1n) is 6.21. The summed E-state index contributed by atoms with van der Waals surface area (Å²) in [6.45, 7) is 4.70. The van der Waals surface area contributed by atoms with Crippen LogP contribution in [0.15, 0.2) is 24.3 Å². The predicted molar refractivity (Wildman–Crippen MR) is 73.1 cm³/mol. The predicted octanol–water partition coefficient (Wildman–Crippen LogP) is 2.37. The van der Waals surface area contributed by atoms with Crippen LogP contribution in [-0.4, -0.2) is 29.5 Å². The molecule has 0 saturated carbocycles. The number of aliphatic hydroxyl groups is 1. The highest BCUT2D eigenvalue weighted by molar-refractivity contribution is 6.34. The molecule has 18 heavy (non-hydrogen) atoms. The van der Waals surface area contributed by atoms with Crippen molar-refractivity contribution in [2.24, 2.45) is 5.92 Å². The van der Waals surface area contributed by atoms with Crippen molar-refractivity contribution in [2.75, 3.05) is 18.1 Å². The number of aliphatic hydroxyl groups excluding tert-OH is 1. The molecule has 0 aromatic heterocycles. The van der Waals surface area contributed by atoms with E-state index in [9.17, 15) is 9.90 Å². The Hall–Kier alpha value is -1.06. The van der Waals surface area contributed by atoms with Crippen molar-refractivity contribution in [3.63, 3.8) is 0 Å². The Morgan fingerprint density at radius 1 is 1.39 bits per heavy atom. The topological polar surface area (TPSA) is 40.5 Å². The Kier molecular flexibility index (Phi) is 3.93. The van der Waals surface area contributed by atoms with E-state index in [4.69, 9.17) is 11.6 Å². The minimum absolute atomic E-state index is 0.0551. The molecule has 1 saturated heterocycles. The molecule has 1 amide bonds. The average Bonchev–Trinajstić information content (AvgIpc) is 2.66. The summed E-state index contributed by atoms with van der Waals surface area (Å²) in [4.78, 5) is 13.6. The molecule has 0 radical (unpaired) electrons. The molecule has 0 spiro atoms. The van der Waals surface area contributed by atoms with E-state index in [0.29, 0.717) is 12.5 Å². The van der Waals surface area contributed by atoms with Crippen LogP contribution in [0.5, 0.6) is 0 Å². The number of hydrogen-bond acceptors (Lipinski definition) is 2. The summed E-state index contributed by atoms with van der Waals surface area (Å²) in [5, 5.41) is 8.56. The van der Waals surface area contributed by atoms with E-state index in [2.05, 4.69) is 13.8 Å². The maximum Gasteiger partial charge on any atom is 0.245 e. The Morgan fingerprint density at radius 3 is 2.44 bits per heavy atom. The molecule has 2 atom stereocenters. The van der Waals surface area contributed by atoms with Crippen molar-refractivity contribution in [3.05, 3.63) is 29.8 Å². The SMILES string of the molecule is CC(C)c1ccc(N2C[C@@H](CO)[C@H](Cl)C2=O)cc1. The molecule has 0 unspecified atom stereocenters. The highest BCUT2D eigenvalue weighted by atomic mass is 35.5. The quantitative estimate of drug-likeness (QED) is 0.855. The summed E-state index contributed by atoms with van der Waals surface area (Å²) in [7, 11) is 0. The third-order valence-corrected chi connectivity index (χ3v) is 3.98. The van der Waals surface area contributed by atoms with Gasteiger partial charge in [0.2, 0.25) is 5.91 Å². The Morgan fingerprint density at radius 2 is 2.00 bits per heavy atom. The molecule has 1 aliphatic rings. The fourth-order valence-electron chi connectivity index (χ4n) is 2.19. The Balaban J connectivity index is 2.20. The van der Waals surface area contributed by atoms with Gasteiger partial charge in [-0.2, -0.15) is 0 Å². The lowest BCUT2D eigenvalue weighted by Crippen LogP contribution is -2.27. The molecule has 2 rings (SSSR count). The van der Waals surface area contributed by atoms with Gasteiger partial charge in [0.15, 0.2) is 0 Å². The summed E-state index contributed by atoms with van der Waals surface area (Å²) in [6, 6.07) is 7.94. The van der Waals surface area contributed by atoms with Gasteiger partial charge in [-0.05, 0) is 23.6 Å². The first kappa shape index (κ1) is 13.4. The van der Waals surface area contributed by atoms with Crippen LogP contribution >= 0.6 is 11.6 Å². The van der Waals surface area contributed by atoms with E-state index in [0.717, 1.165) is 5.69 Å². The van der Waals surface area contributed by atoms with Crippen LogP contribution in [0, 0.1) is 5.92 Å². The van der Waals surface area contributed by atoms with Gasteiger partial charge in [0.1, 0.15) is 5.38 Å². The molecule has 1 aromatic carbocycles. The molecule has 1 heterocycles. The molecule has 1 aliphatic heterocycles. The summed E-state index contributed by atoms with van der Waals surface area (Å²) in [5.41, 5.74) is 2.09. The number of rotatable bonds is 3. The fraction of sp³-hybridized carbons (Fsp3) is 0.500. The van der Waals surface area contributed by atoms with Gasteiger partial charge in [-0.1, -0.05) is 26.0 Å². The summed E-state index contributed by atoms with van der Waals surface area (Å²) >= 11 is 6.00. The van der Waals surface area contributed by atoms with Gasteiger partial charge in [-0.15, -0.1) is 11.6 Å². The minimum atomic E-state index is -0.611. The Labute approximate surface area is 112 Å². The highest BCUT2D eigenvalue weighted by Crippen LogP contribution is 2.29. The van der Waals surface area contributed by atoms with Gasteiger partial charge in [-0.3, -0.25) is 4.79 Å². The molecule has 1 N–H and O–H groups in total. The van der Waals surface area contributed by atoms with E-state index < -0.39 is 5.38 Å². The maximum absolute atomic E-state index is 12.0. The van der Waals surface area contributed by atoms with Crippen LogP contribution in [0.3, 0.4) is 0 Å². The third-order valence-electron chi connectivity index (χ3n) is 3.44. The van der Waals surface area contributed by atoms with Crippen LogP contribution in [0.4, 0.5) is 5.69 Å². The van der Waals surface area contributed by atoms with Gasteiger partial charge in [-0.25, -0.2) is 0 Å². The van der Waals surface area contributed by atoms with Crippen LogP contribution in [0.25, 0.3) is 0 Å². The van der Waals surface area contributed by atoms with Gasteiger partial charge >= 0.3 is 0 Å². The second-order valence-corrected chi connectivity index (χ2v) is 5.51. The van der Waals surface area contributed by atoms with E-state index in [1.807, 2.05) is 24.3 Å². The molecule has 1 fully saturated rings. The van der Waals surface area contributed by atoms with Gasteiger partial charge in [0.25, 0.3) is 0 Å². The molecular formula is C14H18ClNO2. The summed E-state index contributed by atoms with van der Waals surface area (Å²) in [5.74, 6) is 0.177. The van der Waals surface area contributed by atoms with Crippen LogP contribution in [-0.2, 0) is 4.79 Å². The first-order chi connectivity index (χ1) is 8.54. The van der Waals surface area contributed by atoms with Crippen molar-refractivity contribution in [3.8, 4) is 0 Å². The molecule has 0 bridgehead atoms. The van der Waals surface area contributed by atoms with Crippen molar-refractivity contribution in [1.29, 1.82) is 0 Å². The third kappa shape index (κ3) is 2.38. The zero-order valence-electron chi connectivity index (χ0n) is 10.6. The molecule has 4 heteroatoms. The lowest BCUT2D eigenvalue weighted by molar-refractivity contribution is -0.117. The van der Waals surface area contributed by atoms with Crippen molar-refractivity contribution in [1.82, 2.24) is 0 Å². The maximum atomic E-state index is 12.0. The number of amides is 1. The summed E-state index contributed by atoms with van der Waals surface area (Å²) in [6.07, 6.45) is 0.